The molecule has 0 aliphatic rings. The van der Waals surface area contributed by atoms with Gasteiger partial charge in [0.1, 0.15) is 23.2 Å². The molecular weight excluding hydrogens is 169 g/mol. The zero-order chi connectivity index (χ0) is 8.43. The maximum Gasteiger partial charge on any atom is 0.143 e. The van der Waals surface area contributed by atoms with Crippen LogP contribution in [0.15, 0.2) is 12.1 Å². The quantitative estimate of drug-likeness (QED) is 0.649. The Morgan fingerprint density at radius 1 is 1.55 bits per heavy atom. The molecule has 1 aromatic rings. The minimum Gasteiger partial charge on any atom is -0.507 e. The zero-order valence-electron chi connectivity index (χ0n) is 5.31. The Bertz CT molecular complexity index is 332. The summed E-state index contributed by atoms with van der Waals surface area (Å²) >= 11 is 5.34. The summed E-state index contributed by atoms with van der Waals surface area (Å²) in [7, 11) is 0. The van der Waals surface area contributed by atoms with E-state index in [1.54, 1.807) is 6.07 Å². The molecule has 0 unspecified atom stereocenters. The van der Waals surface area contributed by atoms with Crippen LogP contribution in [0.25, 0.3) is 0 Å². The number of nitrogens with zero attached hydrogens (tertiary/aromatic N) is 1. The lowest BCUT2D eigenvalue weighted by Gasteiger charge is -1.97. The van der Waals surface area contributed by atoms with Crippen molar-refractivity contribution in [1.82, 2.24) is 0 Å². The lowest BCUT2D eigenvalue weighted by molar-refractivity contribution is 0.471. The fraction of sp³-hybridized carbons (Fsp3) is 0. The van der Waals surface area contributed by atoms with Gasteiger partial charge in [-0.1, -0.05) is 11.6 Å². The van der Waals surface area contributed by atoms with Gasteiger partial charge >= 0.3 is 0 Å². The average molecular weight is 172 g/mol. The van der Waals surface area contributed by atoms with Crippen LogP contribution in [0, 0.1) is 17.1 Å². The van der Waals surface area contributed by atoms with Crippen molar-refractivity contribution in [3.8, 4) is 11.8 Å². The zero-order valence-corrected chi connectivity index (χ0v) is 6.06. The van der Waals surface area contributed by atoms with Crippen LogP contribution in [0.1, 0.15) is 5.56 Å². The van der Waals surface area contributed by atoms with Crippen molar-refractivity contribution in [2.45, 2.75) is 0 Å². The summed E-state index contributed by atoms with van der Waals surface area (Å²) in [5.74, 6) is -1.01. The molecule has 1 rings (SSSR count). The molecule has 11 heavy (non-hydrogen) atoms. The molecule has 0 heterocycles. The van der Waals surface area contributed by atoms with Crippen LogP contribution in [0.4, 0.5) is 4.39 Å². The van der Waals surface area contributed by atoms with E-state index in [1.165, 1.54) is 0 Å². The van der Waals surface area contributed by atoms with Gasteiger partial charge in [-0.15, -0.1) is 0 Å². The third kappa shape index (κ3) is 1.26. The molecule has 0 saturated carbocycles. The minimum atomic E-state index is -0.707. The number of hydrogen-bond donors (Lipinski definition) is 1. The molecule has 0 spiro atoms. The molecule has 0 aliphatic heterocycles. The van der Waals surface area contributed by atoms with Crippen molar-refractivity contribution < 1.29 is 9.50 Å². The highest BCUT2D eigenvalue weighted by atomic mass is 35.5. The van der Waals surface area contributed by atoms with E-state index in [0.29, 0.717) is 0 Å². The van der Waals surface area contributed by atoms with Gasteiger partial charge in [0.05, 0.1) is 5.02 Å². The van der Waals surface area contributed by atoms with E-state index in [2.05, 4.69) is 0 Å². The van der Waals surface area contributed by atoms with E-state index < -0.39 is 5.82 Å². The van der Waals surface area contributed by atoms with E-state index >= 15 is 0 Å². The summed E-state index contributed by atoms with van der Waals surface area (Å²) in [5.41, 5.74) is -0.230. The number of hydrogen-bond acceptors (Lipinski definition) is 2. The number of phenols is 1. The fourth-order valence-corrected chi connectivity index (χ4v) is 0.849. The summed E-state index contributed by atoms with van der Waals surface area (Å²) in [6.07, 6.45) is 0. The first-order valence-electron chi connectivity index (χ1n) is 2.74. The maximum atomic E-state index is 12.6. The van der Waals surface area contributed by atoms with Crippen molar-refractivity contribution in [1.29, 1.82) is 5.26 Å². The maximum absolute atomic E-state index is 12.6. The number of benzene rings is 1. The summed E-state index contributed by atoms with van der Waals surface area (Å²) in [6.45, 7) is 0. The number of rotatable bonds is 0. The van der Waals surface area contributed by atoms with Crippen molar-refractivity contribution in [3.05, 3.63) is 28.5 Å². The molecule has 56 valence electrons. The molecule has 4 heteroatoms. The van der Waals surface area contributed by atoms with E-state index in [9.17, 15) is 4.39 Å². The monoisotopic (exact) mass is 171 g/mol. The molecule has 0 atom stereocenters. The van der Waals surface area contributed by atoms with Gasteiger partial charge in [-0.25, -0.2) is 4.39 Å². The normalized spacial score (nSPS) is 9.18. The summed E-state index contributed by atoms with van der Waals surface area (Å²) < 4.78 is 12.6. The van der Waals surface area contributed by atoms with Crippen molar-refractivity contribution in [3.63, 3.8) is 0 Å². The van der Waals surface area contributed by atoms with Crippen LogP contribution in [0.5, 0.6) is 5.75 Å². The van der Waals surface area contributed by atoms with Gasteiger partial charge in [-0.05, 0) is 12.1 Å². The van der Waals surface area contributed by atoms with Crippen LogP contribution in [-0.2, 0) is 0 Å². The van der Waals surface area contributed by atoms with Gasteiger partial charge in [0.2, 0.25) is 0 Å². The average Bonchev–Trinajstić information content (AvgIpc) is 1.99. The Hall–Kier alpha value is -1.27. The lowest BCUT2D eigenvalue weighted by Crippen LogP contribution is -1.83. The Labute approximate surface area is 67.5 Å². The number of nitriles is 1. The Balaban J connectivity index is 3.44. The minimum absolute atomic E-state index is 0.230. The smallest absolute Gasteiger partial charge is 0.143 e. The highest BCUT2D eigenvalue weighted by molar-refractivity contribution is 6.32. The highest BCUT2D eigenvalue weighted by Crippen LogP contribution is 2.26. The molecule has 0 aliphatic carbocycles. The molecule has 2 nitrogen and oxygen atoms in total. The van der Waals surface area contributed by atoms with Gasteiger partial charge in [-0.2, -0.15) is 5.26 Å². The molecule has 0 fully saturated rings. The molecule has 0 saturated heterocycles. The Morgan fingerprint density at radius 2 is 2.18 bits per heavy atom. The third-order valence-electron chi connectivity index (χ3n) is 1.18. The molecule has 0 amide bonds. The molecule has 1 N–H and O–H groups in total. The Kier molecular flexibility index (Phi) is 1.97. The van der Waals surface area contributed by atoms with Crippen LogP contribution in [0.3, 0.4) is 0 Å². The molecule has 0 aromatic heterocycles. The van der Waals surface area contributed by atoms with E-state index in [0.717, 1.165) is 12.1 Å². The standard InChI is InChI=1S/C7H3ClFNO/c8-7-4(3-10)6(11)2-1-5(7)9/h1-2,11H. The van der Waals surface area contributed by atoms with Crippen molar-refractivity contribution >= 4 is 11.6 Å². The van der Waals surface area contributed by atoms with Gasteiger partial charge in [0, 0.05) is 0 Å². The second-order valence-corrected chi connectivity index (χ2v) is 2.25. The topological polar surface area (TPSA) is 44.0 Å². The first-order chi connectivity index (χ1) is 5.16. The SMILES string of the molecule is N#Cc1c(O)ccc(F)c1Cl. The number of phenolic OH excluding ortho intramolecular Hbond substituents is 1. The molecule has 0 bridgehead atoms. The second kappa shape index (κ2) is 2.77. The predicted octanol–water partition coefficient (Wildman–Crippen LogP) is 2.06. The van der Waals surface area contributed by atoms with Crippen LogP contribution in [0.2, 0.25) is 5.02 Å². The summed E-state index contributed by atoms with van der Waals surface area (Å²) in [4.78, 5) is 0. The molecular formula is C7H3ClFNO. The van der Waals surface area contributed by atoms with Crippen molar-refractivity contribution in [2.75, 3.05) is 0 Å². The number of aromatic hydroxyl groups is 1. The van der Waals surface area contributed by atoms with E-state index in [-0.39, 0.29) is 16.3 Å². The van der Waals surface area contributed by atoms with Crippen LogP contribution in [-0.4, -0.2) is 5.11 Å². The van der Waals surface area contributed by atoms with E-state index in [4.69, 9.17) is 22.0 Å². The highest BCUT2D eigenvalue weighted by Gasteiger charge is 2.09. The lowest BCUT2D eigenvalue weighted by atomic mass is 10.2. The van der Waals surface area contributed by atoms with Gasteiger partial charge in [0.15, 0.2) is 0 Å². The fourth-order valence-electron chi connectivity index (χ4n) is 0.647. The molecule has 0 radical (unpaired) electrons. The van der Waals surface area contributed by atoms with Crippen LogP contribution < -0.4 is 0 Å². The van der Waals surface area contributed by atoms with Gasteiger partial charge < -0.3 is 5.11 Å². The third-order valence-corrected chi connectivity index (χ3v) is 1.55. The van der Waals surface area contributed by atoms with Gasteiger partial charge in [-0.3, -0.25) is 0 Å². The molecule has 1 aromatic carbocycles. The first kappa shape index (κ1) is 7.83. The van der Waals surface area contributed by atoms with Crippen LogP contribution >= 0.6 is 11.6 Å². The van der Waals surface area contributed by atoms with Gasteiger partial charge in [0.25, 0.3) is 0 Å². The summed E-state index contributed by atoms with van der Waals surface area (Å²) in [6, 6.07) is 3.66. The first-order valence-corrected chi connectivity index (χ1v) is 3.11. The second-order valence-electron chi connectivity index (χ2n) is 1.87. The predicted molar refractivity (Wildman–Crippen MR) is 37.8 cm³/mol. The van der Waals surface area contributed by atoms with E-state index in [1.807, 2.05) is 0 Å². The largest absolute Gasteiger partial charge is 0.507 e. The van der Waals surface area contributed by atoms with Crippen molar-refractivity contribution in [2.24, 2.45) is 0 Å². The number of halogens is 2. The summed E-state index contributed by atoms with van der Waals surface area (Å²) in [5, 5.41) is 17.0. The Morgan fingerprint density at radius 3 is 2.64 bits per heavy atom.